The van der Waals surface area contributed by atoms with Crippen molar-refractivity contribution >= 4 is 40.8 Å². The van der Waals surface area contributed by atoms with E-state index >= 15 is 0 Å². The number of amides is 2. The van der Waals surface area contributed by atoms with Gasteiger partial charge in [0.05, 0.1) is 28.0 Å². The van der Waals surface area contributed by atoms with Gasteiger partial charge in [-0.2, -0.15) is 5.10 Å². The second-order valence-corrected chi connectivity index (χ2v) is 11.0. The molecule has 5 rings (SSSR count). The first-order valence-corrected chi connectivity index (χ1v) is 14.9. The topological polar surface area (TPSA) is 129 Å². The van der Waals surface area contributed by atoms with Gasteiger partial charge in [-0.1, -0.05) is 77.8 Å². The van der Waals surface area contributed by atoms with Crippen LogP contribution in [0.4, 0.5) is 0 Å². The predicted molar refractivity (Wildman–Crippen MR) is 173 cm³/mol. The number of benzene rings is 3. The quantitative estimate of drug-likeness (QED) is 0.123. The molecule has 2 heterocycles. The Kier molecular flexibility index (Phi) is 10.2. The largest absolute Gasteiger partial charge is 0.478 e. The van der Waals surface area contributed by atoms with Gasteiger partial charge in [0.15, 0.2) is 5.78 Å². The minimum Gasteiger partial charge on any atom is -0.478 e. The average molecular weight is 643 g/mol. The van der Waals surface area contributed by atoms with E-state index in [0.29, 0.717) is 44.9 Å². The number of primary amides is 1. The molecule has 0 aliphatic heterocycles. The number of aromatic nitrogens is 3. The lowest BCUT2D eigenvalue weighted by molar-refractivity contribution is -0.127. The molecule has 0 radical (unpaired) electrons. The molecule has 0 saturated carbocycles. The molecule has 1 atom stereocenters. The van der Waals surface area contributed by atoms with Crippen molar-refractivity contribution in [3.05, 3.63) is 130 Å². The van der Waals surface area contributed by atoms with Crippen LogP contribution in [0.1, 0.15) is 34.3 Å². The summed E-state index contributed by atoms with van der Waals surface area (Å²) >= 11 is 12.3. The van der Waals surface area contributed by atoms with Crippen LogP contribution in [0.3, 0.4) is 0 Å². The minimum atomic E-state index is -0.910. The number of ketones is 1. The molecule has 2 aromatic heterocycles. The van der Waals surface area contributed by atoms with Crippen molar-refractivity contribution in [2.75, 3.05) is 6.61 Å². The SMILES string of the molecule is NC(=O)[C@H](Cc1ccc(C(=O)c2ccccc2)cc1)NC(=O)CCCOc1cc(-c2cccnc2)nn1-c1ccc(Cl)c(Cl)c1. The van der Waals surface area contributed by atoms with Crippen LogP contribution < -0.4 is 15.8 Å². The summed E-state index contributed by atoms with van der Waals surface area (Å²) in [4.78, 5) is 41.7. The van der Waals surface area contributed by atoms with Gasteiger partial charge < -0.3 is 15.8 Å². The van der Waals surface area contributed by atoms with E-state index in [1.54, 1.807) is 89.9 Å². The molecule has 228 valence electrons. The number of nitrogens with zero attached hydrogens (tertiary/aromatic N) is 3. The van der Waals surface area contributed by atoms with Crippen molar-refractivity contribution < 1.29 is 19.1 Å². The third-order valence-electron chi connectivity index (χ3n) is 6.95. The van der Waals surface area contributed by atoms with E-state index in [0.717, 1.165) is 11.1 Å². The van der Waals surface area contributed by atoms with Crippen LogP contribution in [-0.4, -0.2) is 45.0 Å². The molecule has 45 heavy (non-hydrogen) atoms. The first kappa shape index (κ1) is 31.4. The highest BCUT2D eigenvalue weighted by atomic mass is 35.5. The van der Waals surface area contributed by atoms with Crippen molar-refractivity contribution in [3.63, 3.8) is 0 Å². The molecular formula is C34H29Cl2N5O4. The van der Waals surface area contributed by atoms with Crippen molar-refractivity contribution in [3.8, 4) is 22.8 Å². The first-order valence-electron chi connectivity index (χ1n) is 14.1. The summed E-state index contributed by atoms with van der Waals surface area (Å²) < 4.78 is 7.63. The van der Waals surface area contributed by atoms with Gasteiger partial charge in [0.25, 0.3) is 0 Å². The minimum absolute atomic E-state index is 0.0996. The number of pyridine rings is 1. The van der Waals surface area contributed by atoms with Crippen LogP contribution in [-0.2, 0) is 16.0 Å². The Bertz CT molecular complexity index is 1800. The van der Waals surface area contributed by atoms with E-state index in [2.05, 4.69) is 15.4 Å². The van der Waals surface area contributed by atoms with Gasteiger partial charge in [0.1, 0.15) is 6.04 Å². The van der Waals surface area contributed by atoms with Gasteiger partial charge in [-0.3, -0.25) is 19.4 Å². The molecule has 2 amide bonds. The summed E-state index contributed by atoms with van der Waals surface area (Å²) in [6, 6.07) is 25.6. The van der Waals surface area contributed by atoms with E-state index in [9.17, 15) is 14.4 Å². The van der Waals surface area contributed by atoms with E-state index in [1.807, 2.05) is 18.2 Å². The van der Waals surface area contributed by atoms with Crippen molar-refractivity contribution in [1.29, 1.82) is 0 Å². The standard InChI is InChI=1S/C34H29Cl2N5O4/c35-27-15-14-26(19-28(27)36)41-32(20-29(40-41)25-8-4-16-38-21-25)45-17-5-9-31(42)39-30(34(37)44)18-22-10-12-24(13-11-22)33(43)23-6-2-1-3-7-23/h1-4,6-8,10-16,19-21,30H,5,9,17-18H2,(H2,37,44)(H,39,42)/t30-/m0/s1. The maximum absolute atomic E-state index is 12.7. The Morgan fingerprint density at radius 3 is 2.33 bits per heavy atom. The smallest absolute Gasteiger partial charge is 0.240 e. The summed E-state index contributed by atoms with van der Waals surface area (Å²) in [7, 11) is 0. The van der Waals surface area contributed by atoms with Crippen LogP contribution in [0, 0.1) is 0 Å². The van der Waals surface area contributed by atoms with Gasteiger partial charge >= 0.3 is 0 Å². The Hall–Kier alpha value is -4.99. The van der Waals surface area contributed by atoms with Crippen LogP contribution in [0.2, 0.25) is 10.0 Å². The second kappa shape index (κ2) is 14.7. The molecule has 0 spiro atoms. The number of ether oxygens (including phenoxy) is 1. The average Bonchev–Trinajstić information content (AvgIpc) is 3.49. The lowest BCUT2D eigenvalue weighted by Gasteiger charge is -2.16. The van der Waals surface area contributed by atoms with Gasteiger partial charge in [0, 0.05) is 48.0 Å². The molecule has 5 aromatic rings. The van der Waals surface area contributed by atoms with Crippen molar-refractivity contribution in [2.24, 2.45) is 5.73 Å². The molecule has 0 unspecified atom stereocenters. The van der Waals surface area contributed by atoms with Gasteiger partial charge in [-0.05, 0) is 42.3 Å². The van der Waals surface area contributed by atoms with Gasteiger partial charge in [0.2, 0.25) is 17.7 Å². The fraction of sp³-hybridized carbons (Fsp3) is 0.147. The molecule has 3 aromatic carbocycles. The monoisotopic (exact) mass is 641 g/mol. The number of carbonyl (C=O) groups excluding carboxylic acids is 3. The number of rotatable bonds is 13. The zero-order chi connectivity index (χ0) is 31.8. The summed E-state index contributed by atoms with van der Waals surface area (Å²) in [6.45, 7) is 0.199. The number of nitrogens with two attached hydrogens (primary N) is 1. The van der Waals surface area contributed by atoms with Gasteiger partial charge in [-0.15, -0.1) is 0 Å². The Morgan fingerprint density at radius 2 is 1.64 bits per heavy atom. The highest BCUT2D eigenvalue weighted by molar-refractivity contribution is 6.42. The highest BCUT2D eigenvalue weighted by Crippen LogP contribution is 2.30. The van der Waals surface area contributed by atoms with Crippen LogP contribution in [0.15, 0.2) is 103 Å². The third kappa shape index (κ3) is 8.14. The summed E-state index contributed by atoms with van der Waals surface area (Å²) in [5, 5.41) is 8.16. The summed E-state index contributed by atoms with van der Waals surface area (Å²) in [5.74, 6) is -0.654. The molecule has 9 nitrogen and oxygen atoms in total. The first-order chi connectivity index (χ1) is 21.8. The van der Waals surface area contributed by atoms with E-state index < -0.39 is 11.9 Å². The lowest BCUT2D eigenvalue weighted by atomic mass is 9.99. The van der Waals surface area contributed by atoms with Crippen molar-refractivity contribution in [1.82, 2.24) is 20.1 Å². The Balaban J connectivity index is 1.17. The summed E-state index contributed by atoms with van der Waals surface area (Å²) in [6.07, 6.45) is 4.03. The number of hydrogen-bond donors (Lipinski definition) is 2. The maximum Gasteiger partial charge on any atom is 0.240 e. The molecule has 11 heteroatoms. The van der Waals surface area contributed by atoms with Gasteiger partial charge in [-0.25, -0.2) is 4.68 Å². The lowest BCUT2D eigenvalue weighted by Crippen LogP contribution is -2.45. The number of carbonyl (C=O) groups is 3. The maximum atomic E-state index is 12.7. The van der Waals surface area contributed by atoms with E-state index in [4.69, 9.17) is 33.7 Å². The number of halogens is 2. The molecule has 0 saturated heterocycles. The predicted octanol–water partition coefficient (Wildman–Crippen LogP) is 5.84. The van der Waals surface area contributed by atoms with Crippen LogP contribution in [0.5, 0.6) is 5.88 Å². The van der Waals surface area contributed by atoms with Crippen LogP contribution in [0.25, 0.3) is 16.9 Å². The van der Waals surface area contributed by atoms with E-state index in [1.165, 1.54) is 0 Å². The highest BCUT2D eigenvalue weighted by Gasteiger charge is 2.20. The Morgan fingerprint density at radius 1 is 0.889 bits per heavy atom. The zero-order valence-corrected chi connectivity index (χ0v) is 25.5. The number of nitrogens with one attached hydrogen (secondary N) is 1. The second-order valence-electron chi connectivity index (χ2n) is 10.2. The normalized spacial score (nSPS) is 11.5. The third-order valence-corrected chi connectivity index (χ3v) is 7.69. The molecule has 0 aliphatic rings. The molecular weight excluding hydrogens is 613 g/mol. The fourth-order valence-corrected chi connectivity index (χ4v) is 4.90. The Labute approximate surface area is 270 Å². The van der Waals surface area contributed by atoms with Crippen molar-refractivity contribution in [2.45, 2.75) is 25.3 Å². The molecule has 0 bridgehead atoms. The van der Waals surface area contributed by atoms with E-state index in [-0.39, 0.29) is 31.1 Å². The molecule has 0 fully saturated rings. The molecule has 3 N–H and O–H groups in total. The molecule has 0 aliphatic carbocycles. The van der Waals surface area contributed by atoms with Crippen LogP contribution >= 0.6 is 23.2 Å². The zero-order valence-electron chi connectivity index (χ0n) is 24.0. The number of hydrogen-bond acceptors (Lipinski definition) is 6. The summed E-state index contributed by atoms with van der Waals surface area (Å²) in [5.41, 5.74) is 9.56. The fourth-order valence-electron chi connectivity index (χ4n) is 4.61.